The molecule has 0 aromatic rings. The Balaban J connectivity index is 5.40. The average Bonchev–Trinajstić information content (AvgIpc) is 1.06. The lowest BCUT2D eigenvalue weighted by Crippen LogP contribution is -2.30. The first kappa shape index (κ1) is 95.7. The second-order valence-electron chi connectivity index (χ2n) is 25.9. The number of esters is 4. The number of hydrogen-bond acceptors (Lipinski definition) is 15. The van der Waals surface area contributed by atoms with Crippen LogP contribution in [0.3, 0.4) is 0 Å². The summed E-state index contributed by atoms with van der Waals surface area (Å²) in [4.78, 5) is 72.9. The fourth-order valence-electron chi connectivity index (χ4n) is 10.3. The van der Waals surface area contributed by atoms with E-state index in [1.807, 2.05) is 12.2 Å². The zero-order valence-corrected chi connectivity index (χ0v) is 64.6. The molecular weight excluding hydrogens is 1310 g/mol. The molecule has 0 aliphatic carbocycles. The number of ether oxygens (including phenoxy) is 4. The number of phosphoric acid groups is 2. The highest BCUT2D eigenvalue weighted by Gasteiger charge is 2.30. The normalized spacial score (nSPS) is 14.5. The van der Waals surface area contributed by atoms with Crippen molar-refractivity contribution in [1.29, 1.82) is 0 Å². The summed E-state index contributed by atoms with van der Waals surface area (Å²) in [5.41, 5.74) is 0. The Bertz CT molecular complexity index is 2320. The number of phosphoric ester groups is 2. The molecule has 0 amide bonds. The Labute approximate surface area is 607 Å². The van der Waals surface area contributed by atoms with Gasteiger partial charge in [-0.25, -0.2) is 9.13 Å². The molecule has 0 fully saturated rings. The first-order valence-corrected chi connectivity index (χ1v) is 42.1. The predicted octanol–water partition coefficient (Wildman–Crippen LogP) is 22.6. The predicted molar refractivity (Wildman–Crippen MR) is 408 cm³/mol. The van der Waals surface area contributed by atoms with Gasteiger partial charge >= 0.3 is 39.5 Å². The number of allylic oxidation sites excluding steroid dienone is 18. The second-order valence-corrected chi connectivity index (χ2v) is 28.8. The topological polar surface area (TPSA) is 237 Å². The van der Waals surface area contributed by atoms with Crippen LogP contribution in [-0.2, 0) is 65.4 Å². The van der Waals surface area contributed by atoms with E-state index in [0.717, 1.165) is 148 Å². The van der Waals surface area contributed by atoms with Crippen LogP contribution in [-0.4, -0.2) is 96.7 Å². The van der Waals surface area contributed by atoms with E-state index in [9.17, 15) is 43.2 Å². The lowest BCUT2D eigenvalue weighted by molar-refractivity contribution is -0.161. The fraction of sp³-hybridized carbons (Fsp3) is 0.728. The van der Waals surface area contributed by atoms with Crippen LogP contribution in [0.15, 0.2) is 109 Å². The maximum atomic E-state index is 13.1. The highest BCUT2D eigenvalue weighted by molar-refractivity contribution is 7.47. The second kappa shape index (κ2) is 73.0. The van der Waals surface area contributed by atoms with Gasteiger partial charge in [0.1, 0.15) is 19.3 Å². The van der Waals surface area contributed by atoms with Gasteiger partial charge in [-0.2, -0.15) is 0 Å². The van der Waals surface area contributed by atoms with Crippen molar-refractivity contribution < 1.29 is 80.2 Å². The molecule has 0 spiro atoms. The lowest BCUT2D eigenvalue weighted by atomic mass is 10.0. The van der Waals surface area contributed by atoms with Crippen LogP contribution in [0.1, 0.15) is 323 Å². The average molecular weight is 1450 g/mol. The van der Waals surface area contributed by atoms with E-state index < -0.39 is 97.5 Å². The van der Waals surface area contributed by atoms with E-state index in [0.29, 0.717) is 32.1 Å². The minimum Gasteiger partial charge on any atom is -0.462 e. The molecule has 17 nitrogen and oxygen atoms in total. The van der Waals surface area contributed by atoms with Crippen LogP contribution in [0.4, 0.5) is 0 Å². The quantitative estimate of drug-likeness (QED) is 0.0169. The van der Waals surface area contributed by atoms with E-state index in [-0.39, 0.29) is 25.7 Å². The van der Waals surface area contributed by atoms with Crippen LogP contribution in [0.5, 0.6) is 0 Å². The third kappa shape index (κ3) is 72.1. The molecule has 0 aliphatic heterocycles. The maximum Gasteiger partial charge on any atom is 0.472 e. The van der Waals surface area contributed by atoms with Crippen LogP contribution in [0, 0.1) is 0 Å². The number of carbonyl (C=O) groups is 4. The van der Waals surface area contributed by atoms with Crippen LogP contribution < -0.4 is 0 Å². The third-order valence-corrected chi connectivity index (χ3v) is 18.1. The maximum absolute atomic E-state index is 13.1. The molecular formula is C81H140O17P2. The number of carbonyl (C=O) groups excluding carboxylic acids is 4. The van der Waals surface area contributed by atoms with Crippen LogP contribution in [0.2, 0.25) is 0 Å². The highest BCUT2D eigenvalue weighted by Crippen LogP contribution is 2.45. The molecule has 0 aromatic heterocycles. The lowest BCUT2D eigenvalue weighted by Gasteiger charge is -2.21. The van der Waals surface area contributed by atoms with Crippen molar-refractivity contribution >= 4 is 39.5 Å². The van der Waals surface area contributed by atoms with Crippen LogP contribution in [0.25, 0.3) is 0 Å². The summed E-state index contributed by atoms with van der Waals surface area (Å²) in [6.45, 7) is 4.60. The van der Waals surface area contributed by atoms with Gasteiger partial charge in [0.15, 0.2) is 12.2 Å². The van der Waals surface area contributed by atoms with Crippen molar-refractivity contribution in [1.82, 2.24) is 0 Å². The summed E-state index contributed by atoms with van der Waals surface area (Å²) in [5, 5.41) is 10.6. The number of hydrogen-bond donors (Lipinski definition) is 3. The van der Waals surface area contributed by atoms with E-state index in [1.54, 1.807) is 0 Å². The van der Waals surface area contributed by atoms with Crippen molar-refractivity contribution in [2.45, 2.75) is 341 Å². The molecule has 0 saturated heterocycles. The standard InChI is InChI=1S/C81H140O17P2/c1-5-9-13-17-21-25-29-33-36-37-40-43-46-50-54-58-62-66-79(84)92-72-77(98-81(86)68-64-60-56-52-48-44-39-35-31-27-23-19-15-11-7-3)74-96-100(89,90)94-70-75(82)69-93-99(87,88)95-73-76(97-80(85)67-63-59-55-51-47-41-32-28-24-20-16-12-8-4)71-91-78(83)65-61-57-53-49-45-42-38-34-30-26-22-18-14-10-6-2/h9,13,16,20-21,23,25,27-28,32-33,35-36,39-40,43,50,54,75-77,82H,5-8,10-12,14-15,17-19,22,24,26,29-31,34,37-38,41-42,44-49,51-53,55-74H2,1-4H3,(H,87,88)(H,89,90)/b13-9-,20-16-,25-21-,27-23-,32-28-,36-33-,39-35-,43-40-,54-50-. The minimum absolute atomic E-state index is 0.0654. The van der Waals surface area contributed by atoms with Crippen molar-refractivity contribution in [3.8, 4) is 0 Å². The van der Waals surface area contributed by atoms with Gasteiger partial charge in [0, 0.05) is 25.7 Å². The molecule has 5 atom stereocenters. The van der Waals surface area contributed by atoms with Gasteiger partial charge in [-0.1, -0.05) is 285 Å². The van der Waals surface area contributed by atoms with Gasteiger partial charge < -0.3 is 33.8 Å². The largest absolute Gasteiger partial charge is 0.472 e. The third-order valence-electron chi connectivity index (χ3n) is 16.2. The SMILES string of the molecule is CC/C=C\C/C=C\C/C=C\C/C=C\C/C=C\CCCC(=O)OCC(COP(=O)(O)OCC(O)COP(=O)(O)OCC(COC(=O)CCCCCCCCCCCCCCCCC)OC(=O)CCCCCCC/C=C\C/C=C\CCC)OC(=O)CCCCCCC/C=C\C/C=C\CCCCC. The van der Waals surface area contributed by atoms with Gasteiger partial charge in [0.2, 0.25) is 0 Å². The molecule has 0 radical (unpaired) electrons. The molecule has 576 valence electrons. The summed E-state index contributed by atoms with van der Waals surface area (Å²) in [6, 6.07) is 0. The van der Waals surface area contributed by atoms with Gasteiger partial charge in [-0.05, 0) is 122 Å². The molecule has 0 saturated carbocycles. The van der Waals surface area contributed by atoms with Crippen LogP contribution >= 0.6 is 15.6 Å². The highest BCUT2D eigenvalue weighted by atomic mass is 31.2. The van der Waals surface area contributed by atoms with Gasteiger partial charge in [0.05, 0.1) is 26.4 Å². The summed E-state index contributed by atoms with van der Waals surface area (Å²) in [6.07, 6.45) is 77.9. The van der Waals surface area contributed by atoms with Gasteiger partial charge in [-0.15, -0.1) is 0 Å². The molecule has 100 heavy (non-hydrogen) atoms. The Kier molecular flexibility index (Phi) is 69.9. The number of aliphatic hydroxyl groups excluding tert-OH is 1. The fourth-order valence-corrected chi connectivity index (χ4v) is 11.8. The Hall–Kier alpha value is -4.28. The van der Waals surface area contributed by atoms with Crippen molar-refractivity contribution in [3.05, 3.63) is 109 Å². The van der Waals surface area contributed by atoms with Crippen molar-refractivity contribution in [2.75, 3.05) is 39.6 Å². The molecule has 3 N–H and O–H groups in total. The van der Waals surface area contributed by atoms with Gasteiger partial charge in [0.25, 0.3) is 0 Å². The summed E-state index contributed by atoms with van der Waals surface area (Å²) in [7, 11) is -9.97. The molecule has 0 aromatic carbocycles. The Morgan fingerprint density at radius 3 is 0.900 bits per heavy atom. The van der Waals surface area contributed by atoms with Crippen molar-refractivity contribution in [2.24, 2.45) is 0 Å². The van der Waals surface area contributed by atoms with Gasteiger partial charge in [-0.3, -0.25) is 37.3 Å². The number of rotatable bonds is 73. The first-order valence-electron chi connectivity index (χ1n) is 39.1. The monoisotopic (exact) mass is 1450 g/mol. The molecule has 0 bridgehead atoms. The summed E-state index contributed by atoms with van der Waals surface area (Å²) < 4.78 is 68.5. The molecule has 0 heterocycles. The molecule has 0 rings (SSSR count). The molecule has 0 aliphatic rings. The Morgan fingerprint density at radius 2 is 0.550 bits per heavy atom. The minimum atomic E-state index is -4.99. The van der Waals surface area contributed by atoms with E-state index in [2.05, 4.69) is 125 Å². The zero-order valence-electron chi connectivity index (χ0n) is 62.8. The zero-order chi connectivity index (χ0) is 73.2. The molecule has 5 unspecified atom stereocenters. The van der Waals surface area contributed by atoms with Crippen molar-refractivity contribution in [3.63, 3.8) is 0 Å². The van der Waals surface area contributed by atoms with E-state index in [1.165, 1.54) is 89.9 Å². The number of aliphatic hydroxyl groups is 1. The first-order chi connectivity index (χ1) is 48.7. The smallest absolute Gasteiger partial charge is 0.462 e. The molecule has 19 heteroatoms. The Morgan fingerprint density at radius 1 is 0.290 bits per heavy atom. The van der Waals surface area contributed by atoms with E-state index >= 15 is 0 Å². The number of unbranched alkanes of at least 4 members (excludes halogenated alkanes) is 29. The summed E-state index contributed by atoms with van der Waals surface area (Å²) in [5.74, 6) is -2.26. The summed E-state index contributed by atoms with van der Waals surface area (Å²) >= 11 is 0. The van der Waals surface area contributed by atoms with E-state index in [4.69, 9.17) is 37.0 Å².